The van der Waals surface area contributed by atoms with E-state index in [1.165, 1.54) is 0 Å². The number of rotatable bonds is 4. The molecule has 1 saturated carbocycles. The fourth-order valence-electron chi connectivity index (χ4n) is 4.26. The highest BCUT2D eigenvalue weighted by molar-refractivity contribution is 6.30. The maximum atomic E-state index is 12.8. The Hall–Kier alpha value is -2.34. The molecule has 7 heteroatoms. The zero-order chi connectivity index (χ0) is 19.7. The van der Waals surface area contributed by atoms with Crippen molar-refractivity contribution in [3.63, 3.8) is 0 Å². The van der Waals surface area contributed by atoms with E-state index >= 15 is 0 Å². The van der Waals surface area contributed by atoms with E-state index in [0.717, 1.165) is 48.9 Å². The Labute approximate surface area is 169 Å². The molecule has 0 atom stereocenters. The molecule has 0 saturated heterocycles. The number of carbonyl (C=O) groups excluding carboxylic acids is 2. The molecule has 28 heavy (non-hydrogen) atoms. The molecular formula is C21H25ClN4O2. The van der Waals surface area contributed by atoms with Crippen LogP contribution in [0.2, 0.25) is 5.02 Å². The van der Waals surface area contributed by atoms with Crippen LogP contribution < -0.4 is 5.32 Å². The van der Waals surface area contributed by atoms with Gasteiger partial charge < -0.3 is 10.2 Å². The van der Waals surface area contributed by atoms with E-state index in [1.807, 2.05) is 24.1 Å². The molecule has 1 aromatic heterocycles. The fourth-order valence-corrected chi connectivity index (χ4v) is 4.39. The second-order valence-corrected chi connectivity index (χ2v) is 8.13. The van der Waals surface area contributed by atoms with Gasteiger partial charge in [-0.2, -0.15) is 5.10 Å². The molecule has 1 N–H and O–H groups in total. The lowest BCUT2D eigenvalue weighted by Crippen LogP contribution is -2.40. The van der Waals surface area contributed by atoms with Crippen LogP contribution in [0.4, 0.5) is 0 Å². The Balaban J connectivity index is 1.47. The van der Waals surface area contributed by atoms with Gasteiger partial charge >= 0.3 is 0 Å². The molecule has 4 rings (SSSR count). The third kappa shape index (κ3) is 3.78. The lowest BCUT2D eigenvalue weighted by Gasteiger charge is -2.29. The number of hydrogen-bond donors (Lipinski definition) is 1. The van der Waals surface area contributed by atoms with Crippen molar-refractivity contribution in [2.24, 2.45) is 13.0 Å². The van der Waals surface area contributed by atoms with Gasteiger partial charge in [0, 0.05) is 55.3 Å². The molecule has 1 aliphatic carbocycles. The van der Waals surface area contributed by atoms with E-state index in [1.54, 1.807) is 16.8 Å². The smallest absolute Gasteiger partial charge is 0.272 e. The summed E-state index contributed by atoms with van der Waals surface area (Å²) in [5.41, 5.74) is 3.33. The first-order chi connectivity index (χ1) is 13.5. The Morgan fingerprint density at radius 1 is 1.21 bits per heavy atom. The van der Waals surface area contributed by atoms with Crippen molar-refractivity contribution in [1.29, 1.82) is 0 Å². The topological polar surface area (TPSA) is 67.2 Å². The first-order valence-electron chi connectivity index (χ1n) is 9.89. The third-order valence-corrected chi connectivity index (χ3v) is 6.09. The predicted molar refractivity (Wildman–Crippen MR) is 107 cm³/mol. The number of aryl methyl sites for hydroxylation is 1. The summed E-state index contributed by atoms with van der Waals surface area (Å²) < 4.78 is 1.78. The summed E-state index contributed by atoms with van der Waals surface area (Å²) in [6.07, 6.45) is 5.00. The fraction of sp³-hybridized carbons (Fsp3) is 0.476. The SMILES string of the molecule is Cn1nc(C(=O)NCc2ccc(Cl)cc2)c2c1CCN(C(=O)C1CCCC1)C2. The molecule has 148 valence electrons. The van der Waals surface area contributed by atoms with Gasteiger partial charge in [-0.15, -0.1) is 0 Å². The van der Waals surface area contributed by atoms with Gasteiger partial charge in [0.15, 0.2) is 5.69 Å². The molecule has 0 spiro atoms. The van der Waals surface area contributed by atoms with E-state index in [0.29, 0.717) is 30.4 Å². The van der Waals surface area contributed by atoms with Crippen LogP contribution in [0, 0.1) is 5.92 Å². The molecule has 0 radical (unpaired) electrons. The molecule has 2 heterocycles. The van der Waals surface area contributed by atoms with Crippen molar-refractivity contribution in [3.8, 4) is 0 Å². The summed E-state index contributed by atoms with van der Waals surface area (Å²) in [6.45, 7) is 1.59. The molecule has 1 aromatic carbocycles. The average molecular weight is 401 g/mol. The van der Waals surface area contributed by atoms with Crippen molar-refractivity contribution in [1.82, 2.24) is 20.0 Å². The minimum Gasteiger partial charge on any atom is -0.347 e. The molecular weight excluding hydrogens is 376 g/mol. The number of fused-ring (bicyclic) bond motifs is 1. The van der Waals surface area contributed by atoms with Crippen LogP contribution >= 0.6 is 11.6 Å². The zero-order valence-electron chi connectivity index (χ0n) is 16.1. The number of benzene rings is 1. The van der Waals surface area contributed by atoms with Gasteiger partial charge in [0.1, 0.15) is 0 Å². The average Bonchev–Trinajstić information content (AvgIpc) is 3.35. The van der Waals surface area contributed by atoms with Crippen molar-refractivity contribution in [3.05, 3.63) is 51.8 Å². The summed E-state index contributed by atoms with van der Waals surface area (Å²) in [6, 6.07) is 7.38. The predicted octanol–water partition coefficient (Wildman–Crippen LogP) is 3.08. The van der Waals surface area contributed by atoms with Crippen molar-refractivity contribution in [2.75, 3.05) is 6.54 Å². The Bertz CT molecular complexity index is 885. The third-order valence-electron chi connectivity index (χ3n) is 5.84. The van der Waals surface area contributed by atoms with Gasteiger partial charge in [-0.1, -0.05) is 36.6 Å². The molecule has 2 amide bonds. The van der Waals surface area contributed by atoms with E-state index in [9.17, 15) is 9.59 Å². The van der Waals surface area contributed by atoms with Crippen molar-refractivity contribution >= 4 is 23.4 Å². The molecule has 0 unspecified atom stereocenters. The summed E-state index contributed by atoms with van der Waals surface area (Å²) in [5, 5.41) is 8.06. The number of aromatic nitrogens is 2. The van der Waals surface area contributed by atoms with Crippen LogP contribution in [-0.4, -0.2) is 33.0 Å². The number of nitrogens with one attached hydrogen (secondary N) is 1. The Kier molecular flexibility index (Phi) is 5.40. The highest BCUT2D eigenvalue weighted by atomic mass is 35.5. The molecule has 1 aliphatic heterocycles. The minimum absolute atomic E-state index is 0.153. The van der Waals surface area contributed by atoms with E-state index in [4.69, 9.17) is 11.6 Å². The number of hydrogen-bond acceptors (Lipinski definition) is 3. The first kappa shape index (κ1) is 19.0. The molecule has 6 nitrogen and oxygen atoms in total. The number of carbonyl (C=O) groups is 2. The zero-order valence-corrected chi connectivity index (χ0v) is 16.8. The molecule has 2 aliphatic rings. The Morgan fingerprint density at radius 3 is 2.64 bits per heavy atom. The summed E-state index contributed by atoms with van der Waals surface area (Å²) in [7, 11) is 1.86. The molecule has 1 fully saturated rings. The second kappa shape index (κ2) is 7.95. The lowest BCUT2D eigenvalue weighted by atomic mass is 10.0. The number of amides is 2. The summed E-state index contributed by atoms with van der Waals surface area (Å²) >= 11 is 5.91. The maximum absolute atomic E-state index is 12.8. The van der Waals surface area contributed by atoms with Crippen molar-refractivity contribution < 1.29 is 9.59 Å². The van der Waals surface area contributed by atoms with Crippen LogP contribution in [0.3, 0.4) is 0 Å². The highest BCUT2D eigenvalue weighted by Gasteiger charge is 2.33. The maximum Gasteiger partial charge on any atom is 0.272 e. The van der Waals surface area contributed by atoms with Gasteiger partial charge in [0.25, 0.3) is 5.91 Å². The monoisotopic (exact) mass is 400 g/mol. The quantitative estimate of drug-likeness (QED) is 0.857. The summed E-state index contributed by atoms with van der Waals surface area (Å²) in [4.78, 5) is 27.5. The number of nitrogens with zero attached hydrogens (tertiary/aromatic N) is 3. The van der Waals surface area contributed by atoms with Gasteiger partial charge in [-0.25, -0.2) is 0 Å². The standard InChI is InChI=1S/C21H25ClN4O2/c1-25-18-10-11-26(21(28)15-4-2-3-5-15)13-17(18)19(24-25)20(27)23-12-14-6-8-16(22)9-7-14/h6-9,15H,2-5,10-13H2,1H3,(H,23,27). The van der Waals surface area contributed by atoms with E-state index in [-0.39, 0.29) is 17.7 Å². The molecule has 0 bridgehead atoms. The van der Waals surface area contributed by atoms with Gasteiger partial charge in [-0.3, -0.25) is 14.3 Å². The minimum atomic E-state index is -0.207. The second-order valence-electron chi connectivity index (χ2n) is 7.70. The first-order valence-corrected chi connectivity index (χ1v) is 10.3. The van der Waals surface area contributed by atoms with Crippen LogP contribution in [0.15, 0.2) is 24.3 Å². The molecule has 2 aromatic rings. The van der Waals surface area contributed by atoms with Crippen molar-refractivity contribution in [2.45, 2.75) is 45.2 Å². The highest BCUT2D eigenvalue weighted by Crippen LogP contribution is 2.29. The van der Waals surface area contributed by atoms with Crippen LogP contribution in [0.5, 0.6) is 0 Å². The van der Waals surface area contributed by atoms with Crippen LogP contribution in [-0.2, 0) is 31.4 Å². The van der Waals surface area contributed by atoms with Gasteiger partial charge in [-0.05, 0) is 30.5 Å². The normalized spacial score (nSPS) is 16.9. The van der Waals surface area contributed by atoms with Gasteiger partial charge in [0.2, 0.25) is 5.91 Å². The van der Waals surface area contributed by atoms with E-state index < -0.39 is 0 Å². The lowest BCUT2D eigenvalue weighted by molar-refractivity contribution is -0.136. The Morgan fingerprint density at radius 2 is 1.93 bits per heavy atom. The largest absolute Gasteiger partial charge is 0.347 e. The van der Waals surface area contributed by atoms with Crippen LogP contribution in [0.1, 0.15) is 53.0 Å². The van der Waals surface area contributed by atoms with Gasteiger partial charge in [0.05, 0.1) is 0 Å². The summed E-state index contributed by atoms with van der Waals surface area (Å²) in [5.74, 6) is 0.182. The van der Waals surface area contributed by atoms with Crippen LogP contribution in [0.25, 0.3) is 0 Å². The number of halogens is 1. The van der Waals surface area contributed by atoms with E-state index in [2.05, 4.69) is 10.4 Å².